The van der Waals surface area contributed by atoms with Crippen LogP contribution in [0.25, 0.3) is 0 Å². The van der Waals surface area contributed by atoms with Gasteiger partial charge in [0, 0.05) is 13.2 Å². The second kappa shape index (κ2) is 12.8. The minimum absolute atomic E-state index is 0. The molecule has 0 aromatic heterocycles. The van der Waals surface area contributed by atoms with Gasteiger partial charge < -0.3 is 9.29 Å². The molecule has 0 spiro atoms. The van der Waals surface area contributed by atoms with Crippen LogP contribution in [0.4, 0.5) is 0 Å². The van der Waals surface area contributed by atoms with Crippen LogP contribution in [0.3, 0.4) is 0 Å². The summed E-state index contributed by atoms with van der Waals surface area (Å²) >= 11 is 0. The molecule has 5 nitrogen and oxygen atoms in total. The van der Waals surface area contributed by atoms with Gasteiger partial charge in [0.05, 0.1) is 6.61 Å². The van der Waals surface area contributed by atoms with Gasteiger partial charge in [0.25, 0.3) is 0 Å². The van der Waals surface area contributed by atoms with E-state index in [4.69, 9.17) is 4.74 Å². The van der Waals surface area contributed by atoms with E-state index in [1.54, 1.807) is 0 Å². The zero-order chi connectivity index (χ0) is 10.0. The summed E-state index contributed by atoms with van der Waals surface area (Å²) in [6.45, 7) is 7.00. The van der Waals surface area contributed by atoms with Crippen LogP contribution in [0, 0.1) is 0 Å². The van der Waals surface area contributed by atoms with Crippen molar-refractivity contribution < 1.29 is 51.4 Å². The van der Waals surface area contributed by atoms with Crippen LogP contribution in [0.1, 0.15) is 20.8 Å². The van der Waals surface area contributed by atoms with E-state index in [1.165, 1.54) is 6.92 Å². The van der Waals surface area contributed by atoms with Crippen LogP contribution in [-0.4, -0.2) is 32.8 Å². The van der Waals surface area contributed by atoms with E-state index in [1.807, 2.05) is 13.8 Å². The Morgan fingerprint density at radius 2 is 1.46 bits per heavy atom. The number of hydrogen-bond donors (Lipinski definition) is 0. The fourth-order valence-corrected chi connectivity index (χ4v) is 0.637. The van der Waals surface area contributed by atoms with Gasteiger partial charge in [0.2, 0.25) is 10.4 Å². The number of ether oxygens (including phenoxy) is 1. The largest absolute Gasteiger partial charge is 1.00 e. The summed E-state index contributed by atoms with van der Waals surface area (Å²) in [5.74, 6) is 0. The van der Waals surface area contributed by atoms with E-state index >= 15 is 0 Å². The molecule has 0 aliphatic heterocycles. The van der Waals surface area contributed by atoms with Gasteiger partial charge in [-0.2, -0.15) is 0 Å². The first kappa shape index (κ1) is 19.4. The molecule has 0 radical (unpaired) electrons. The van der Waals surface area contributed by atoms with Crippen LogP contribution in [0.5, 0.6) is 0 Å². The van der Waals surface area contributed by atoms with E-state index in [9.17, 15) is 13.0 Å². The third-order valence-electron chi connectivity index (χ3n) is 0.670. The van der Waals surface area contributed by atoms with Crippen LogP contribution in [-0.2, 0) is 19.3 Å². The Hall–Kier alpha value is 0.830. The molecule has 0 saturated heterocycles. The SMILES string of the molecule is CCOCC.CCOS(=O)(=O)[O-].[Na+]. The molecule has 0 N–H and O–H groups in total. The maximum atomic E-state index is 9.45. The molecule has 0 saturated carbocycles. The molecule has 0 aliphatic carbocycles. The Bertz CT molecular complexity index is 166. The van der Waals surface area contributed by atoms with Crippen LogP contribution < -0.4 is 29.6 Å². The molecule has 0 unspecified atom stereocenters. The second-order valence-corrected chi connectivity index (χ2v) is 2.65. The summed E-state index contributed by atoms with van der Waals surface area (Å²) in [7, 11) is -4.42. The van der Waals surface area contributed by atoms with Crippen molar-refractivity contribution in [2.75, 3.05) is 19.8 Å². The Kier molecular flexibility index (Phi) is 19.2. The van der Waals surface area contributed by atoms with Crippen molar-refractivity contribution in [3.63, 3.8) is 0 Å². The molecule has 0 aromatic carbocycles. The Labute approximate surface area is 102 Å². The normalized spacial score (nSPS) is 9.54. The summed E-state index contributed by atoms with van der Waals surface area (Å²) in [6.07, 6.45) is 0. The molecule has 0 bridgehead atoms. The summed E-state index contributed by atoms with van der Waals surface area (Å²) in [4.78, 5) is 0. The minimum Gasteiger partial charge on any atom is -0.726 e. The molecular weight excluding hydrogens is 207 g/mol. The van der Waals surface area contributed by atoms with Gasteiger partial charge in [-0.05, 0) is 20.8 Å². The van der Waals surface area contributed by atoms with Gasteiger partial charge in [0.1, 0.15) is 0 Å². The van der Waals surface area contributed by atoms with E-state index in [-0.39, 0.29) is 36.2 Å². The standard InChI is InChI=1S/C4H10O.C2H6O4S.Na/c1-3-5-4-2;1-2-6-7(3,4)5;/h3-4H2,1-2H3;2H2,1H3,(H,3,4,5);/q;;+1/p-1. The molecule has 76 valence electrons. The smallest absolute Gasteiger partial charge is 0.726 e. The summed E-state index contributed by atoms with van der Waals surface area (Å²) in [6, 6.07) is 0. The number of rotatable bonds is 4. The third kappa shape index (κ3) is 32.3. The fourth-order valence-electron chi connectivity index (χ4n) is 0.348. The predicted molar refractivity (Wildman–Crippen MR) is 43.5 cm³/mol. The maximum absolute atomic E-state index is 9.45. The molecule has 7 heteroatoms. The first-order valence-electron chi connectivity index (χ1n) is 3.65. The summed E-state index contributed by atoms with van der Waals surface area (Å²) < 4.78 is 36.8. The Morgan fingerprint density at radius 3 is 1.46 bits per heavy atom. The predicted octanol–water partition coefficient (Wildman–Crippen LogP) is -2.47. The third-order valence-corrected chi connectivity index (χ3v) is 1.19. The molecule has 0 fully saturated rings. The van der Waals surface area contributed by atoms with E-state index in [0.29, 0.717) is 0 Å². The zero-order valence-corrected chi connectivity index (χ0v) is 11.4. The Balaban J connectivity index is -0.000000150. The van der Waals surface area contributed by atoms with Crippen LogP contribution in [0.2, 0.25) is 0 Å². The van der Waals surface area contributed by atoms with Gasteiger partial charge in [-0.1, -0.05) is 0 Å². The molecule has 0 amide bonds. The maximum Gasteiger partial charge on any atom is 1.00 e. The van der Waals surface area contributed by atoms with Gasteiger partial charge in [-0.3, -0.25) is 4.18 Å². The summed E-state index contributed by atoms with van der Waals surface area (Å²) in [5, 5.41) is 0. The van der Waals surface area contributed by atoms with E-state index in [0.717, 1.165) is 13.2 Å². The van der Waals surface area contributed by atoms with Crippen LogP contribution in [0.15, 0.2) is 0 Å². The van der Waals surface area contributed by atoms with Crippen molar-refractivity contribution >= 4 is 10.4 Å². The molecular formula is C6H15NaO5S. The monoisotopic (exact) mass is 222 g/mol. The molecule has 0 atom stereocenters. The fraction of sp³-hybridized carbons (Fsp3) is 1.00. The quantitative estimate of drug-likeness (QED) is 0.299. The van der Waals surface area contributed by atoms with Gasteiger partial charge >= 0.3 is 29.6 Å². The molecule has 0 aromatic rings. The molecule has 0 heterocycles. The van der Waals surface area contributed by atoms with Crippen molar-refractivity contribution in [1.82, 2.24) is 0 Å². The minimum atomic E-state index is -4.42. The topological polar surface area (TPSA) is 75.7 Å². The van der Waals surface area contributed by atoms with Crippen molar-refractivity contribution in [3.05, 3.63) is 0 Å². The molecule has 0 rings (SSSR count). The van der Waals surface area contributed by atoms with Crippen molar-refractivity contribution in [3.8, 4) is 0 Å². The zero-order valence-electron chi connectivity index (χ0n) is 8.57. The van der Waals surface area contributed by atoms with Crippen LogP contribution >= 0.6 is 0 Å². The van der Waals surface area contributed by atoms with Gasteiger partial charge in [0.15, 0.2) is 0 Å². The first-order chi connectivity index (χ1) is 5.47. The summed E-state index contributed by atoms with van der Waals surface area (Å²) in [5.41, 5.74) is 0. The first-order valence-corrected chi connectivity index (χ1v) is 4.99. The van der Waals surface area contributed by atoms with Crippen molar-refractivity contribution in [2.24, 2.45) is 0 Å². The average molecular weight is 222 g/mol. The van der Waals surface area contributed by atoms with E-state index in [2.05, 4.69) is 4.18 Å². The van der Waals surface area contributed by atoms with Crippen molar-refractivity contribution in [1.29, 1.82) is 0 Å². The second-order valence-electron chi connectivity index (χ2n) is 1.60. The molecule has 13 heavy (non-hydrogen) atoms. The molecule has 0 aliphatic rings. The Morgan fingerprint density at radius 1 is 1.08 bits per heavy atom. The van der Waals surface area contributed by atoms with Gasteiger partial charge in [-0.25, -0.2) is 8.42 Å². The van der Waals surface area contributed by atoms with Gasteiger partial charge in [-0.15, -0.1) is 0 Å². The van der Waals surface area contributed by atoms with E-state index < -0.39 is 10.4 Å². The van der Waals surface area contributed by atoms with Crippen molar-refractivity contribution in [2.45, 2.75) is 20.8 Å². The average Bonchev–Trinajstić information content (AvgIpc) is 1.87. The number of hydrogen-bond acceptors (Lipinski definition) is 5.